The standard InChI is InChI=1S/C28H40O9/c1-16-9-10-20-17(2)21(34-26-28(20)19(16)11-12-27(3,35-26)36-37-28)8-7-13-33-25(29)18-14-22(30-4)24(32-6)23(15-18)31-5/h14-17,19-21,26H,7-13H2,1-6H3/t16-,17-,19+,20+,21-,26?,27+,28-/m1/s1. The fourth-order valence-electron chi connectivity index (χ4n) is 7.04. The number of benzene rings is 1. The SMILES string of the molecule is COc1cc(C(=O)OCCC[C@H]2OC3O[C@]4(C)CC[C@H]5[C@H](C)CC[C@@H]([C@H]2C)[C@@]35OO4)cc(OC)c1OC. The molecule has 0 amide bonds. The molecule has 4 heterocycles. The molecule has 206 valence electrons. The maximum Gasteiger partial charge on any atom is 0.338 e. The van der Waals surface area contributed by atoms with Crippen molar-refractivity contribution in [2.24, 2.45) is 23.7 Å². The number of ether oxygens (including phenoxy) is 6. The molecule has 1 aliphatic carbocycles. The van der Waals surface area contributed by atoms with E-state index in [1.807, 2.05) is 6.92 Å². The van der Waals surface area contributed by atoms with Crippen molar-refractivity contribution in [3.8, 4) is 17.2 Å². The monoisotopic (exact) mass is 520 g/mol. The van der Waals surface area contributed by atoms with Gasteiger partial charge in [-0.1, -0.05) is 13.8 Å². The van der Waals surface area contributed by atoms with E-state index < -0.39 is 23.6 Å². The van der Waals surface area contributed by atoms with Gasteiger partial charge in [-0.3, -0.25) is 0 Å². The molecule has 9 heteroatoms. The van der Waals surface area contributed by atoms with Crippen molar-refractivity contribution in [3.05, 3.63) is 17.7 Å². The topological polar surface area (TPSA) is 90.9 Å². The Balaban J connectivity index is 1.22. The van der Waals surface area contributed by atoms with Crippen LogP contribution in [0.3, 0.4) is 0 Å². The Kier molecular flexibility index (Phi) is 7.35. The van der Waals surface area contributed by atoms with Crippen molar-refractivity contribution in [2.45, 2.75) is 83.1 Å². The van der Waals surface area contributed by atoms with E-state index in [-0.39, 0.29) is 18.6 Å². The summed E-state index contributed by atoms with van der Waals surface area (Å²) in [5.74, 6) is 1.47. The third kappa shape index (κ3) is 4.47. The van der Waals surface area contributed by atoms with E-state index >= 15 is 0 Å². The first-order chi connectivity index (χ1) is 17.8. The Labute approximate surface area is 218 Å². The highest BCUT2D eigenvalue weighted by Gasteiger charge is 2.69. The lowest BCUT2D eigenvalue weighted by Crippen LogP contribution is -2.70. The number of carbonyl (C=O) groups excluding carboxylic acids is 1. The zero-order chi connectivity index (χ0) is 26.4. The molecule has 0 aromatic heterocycles. The fraction of sp³-hybridized carbons (Fsp3) is 0.750. The molecule has 4 aliphatic heterocycles. The van der Waals surface area contributed by atoms with Crippen LogP contribution >= 0.6 is 0 Å². The first kappa shape index (κ1) is 26.5. The second kappa shape index (κ2) is 10.2. The minimum absolute atomic E-state index is 0.0129. The number of esters is 1. The van der Waals surface area contributed by atoms with E-state index in [0.717, 1.165) is 25.7 Å². The zero-order valence-electron chi connectivity index (χ0n) is 22.7. The summed E-state index contributed by atoms with van der Waals surface area (Å²) in [6.07, 6.45) is 5.02. The molecule has 1 aromatic carbocycles. The van der Waals surface area contributed by atoms with Gasteiger partial charge < -0.3 is 28.4 Å². The molecular formula is C28H40O9. The molecule has 37 heavy (non-hydrogen) atoms. The summed E-state index contributed by atoms with van der Waals surface area (Å²) in [7, 11) is 4.55. The van der Waals surface area contributed by atoms with E-state index in [1.165, 1.54) is 27.8 Å². The van der Waals surface area contributed by atoms with Gasteiger partial charge in [0.15, 0.2) is 23.4 Å². The van der Waals surface area contributed by atoms with Gasteiger partial charge in [0.1, 0.15) is 0 Å². The average Bonchev–Trinajstić information content (AvgIpc) is 3.13. The van der Waals surface area contributed by atoms with Crippen LogP contribution in [0.2, 0.25) is 0 Å². The number of fused-ring (bicyclic) bond motifs is 2. The Bertz CT molecular complexity index is 973. The van der Waals surface area contributed by atoms with Crippen molar-refractivity contribution in [2.75, 3.05) is 27.9 Å². The number of methoxy groups -OCH3 is 3. The van der Waals surface area contributed by atoms with E-state index in [4.69, 9.17) is 38.2 Å². The molecule has 1 unspecified atom stereocenters. The van der Waals surface area contributed by atoms with E-state index in [2.05, 4.69) is 13.8 Å². The molecule has 1 spiro atoms. The maximum atomic E-state index is 12.8. The lowest BCUT2D eigenvalue weighted by molar-refractivity contribution is -0.571. The van der Waals surface area contributed by atoms with Gasteiger partial charge in [-0.15, -0.1) is 0 Å². The average molecular weight is 521 g/mol. The molecule has 1 aromatic rings. The molecule has 5 aliphatic rings. The van der Waals surface area contributed by atoms with E-state index in [9.17, 15) is 4.79 Å². The van der Waals surface area contributed by atoms with Crippen molar-refractivity contribution in [1.29, 1.82) is 0 Å². The molecular weight excluding hydrogens is 480 g/mol. The van der Waals surface area contributed by atoms with Gasteiger partial charge in [-0.05, 0) is 68.9 Å². The summed E-state index contributed by atoms with van der Waals surface area (Å²) in [5, 5.41) is 0. The third-order valence-corrected chi connectivity index (χ3v) is 9.06. The van der Waals surface area contributed by atoms with E-state index in [0.29, 0.717) is 47.0 Å². The molecule has 0 radical (unpaired) electrons. The van der Waals surface area contributed by atoms with Crippen LogP contribution in [0.5, 0.6) is 17.2 Å². The van der Waals surface area contributed by atoms with Crippen LogP contribution in [0.25, 0.3) is 0 Å². The van der Waals surface area contributed by atoms with Crippen LogP contribution < -0.4 is 14.2 Å². The summed E-state index contributed by atoms with van der Waals surface area (Å²) in [5.41, 5.74) is -0.211. The normalized spacial score (nSPS) is 38.3. The first-order valence-corrected chi connectivity index (χ1v) is 13.4. The molecule has 5 fully saturated rings. The lowest BCUT2D eigenvalue weighted by atomic mass is 9.57. The largest absolute Gasteiger partial charge is 0.493 e. The smallest absolute Gasteiger partial charge is 0.338 e. The zero-order valence-corrected chi connectivity index (χ0v) is 22.7. The maximum absolute atomic E-state index is 12.8. The number of hydrogen-bond donors (Lipinski definition) is 0. The lowest BCUT2D eigenvalue weighted by Gasteiger charge is -2.60. The molecule has 0 N–H and O–H groups in total. The summed E-state index contributed by atoms with van der Waals surface area (Å²) in [6.45, 7) is 6.78. The quantitative estimate of drug-likeness (QED) is 0.270. The molecule has 4 saturated heterocycles. The molecule has 1 saturated carbocycles. The number of rotatable bonds is 8. The Hall–Kier alpha value is -2.07. The van der Waals surface area contributed by atoms with Gasteiger partial charge in [0.2, 0.25) is 11.5 Å². The Morgan fingerprint density at radius 3 is 2.41 bits per heavy atom. The van der Waals surface area contributed by atoms with Crippen LogP contribution in [0.4, 0.5) is 0 Å². The second-order valence-corrected chi connectivity index (χ2v) is 11.1. The van der Waals surface area contributed by atoms with Gasteiger partial charge >= 0.3 is 5.97 Å². The molecule has 6 rings (SSSR count). The van der Waals surface area contributed by atoms with Gasteiger partial charge in [-0.2, -0.15) is 0 Å². The Morgan fingerprint density at radius 1 is 1.00 bits per heavy atom. The third-order valence-electron chi connectivity index (χ3n) is 9.06. The molecule has 2 bridgehead atoms. The van der Waals surface area contributed by atoms with Crippen molar-refractivity contribution < 1.29 is 43.0 Å². The predicted molar refractivity (Wildman–Crippen MR) is 132 cm³/mol. The Morgan fingerprint density at radius 2 is 1.73 bits per heavy atom. The van der Waals surface area contributed by atoms with E-state index in [1.54, 1.807) is 12.1 Å². The summed E-state index contributed by atoms with van der Waals surface area (Å²) in [4.78, 5) is 24.9. The minimum Gasteiger partial charge on any atom is -0.493 e. The highest BCUT2D eigenvalue weighted by Crippen LogP contribution is 2.60. The highest BCUT2D eigenvalue weighted by atomic mass is 17.3. The van der Waals surface area contributed by atoms with Crippen LogP contribution in [0.1, 0.15) is 69.7 Å². The second-order valence-electron chi connectivity index (χ2n) is 11.1. The van der Waals surface area contributed by atoms with Crippen LogP contribution in [-0.2, 0) is 24.0 Å². The predicted octanol–water partition coefficient (Wildman–Crippen LogP) is 4.90. The van der Waals surface area contributed by atoms with Crippen LogP contribution in [0, 0.1) is 23.7 Å². The fourth-order valence-corrected chi connectivity index (χ4v) is 7.04. The minimum atomic E-state index is -0.779. The van der Waals surface area contributed by atoms with Crippen molar-refractivity contribution in [3.63, 3.8) is 0 Å². The van der Waals surface area contributed by atoms with Gasteiger partial charge in [0.05, 0.1) is 39.6 Å². The summed E-state index contributed by atoms with van der Waals surface area (Å²) in [6, 6.07) is 3.19. The summed E-state index contributed by atoms with van der Waals surface area (Å²) < 4.78 is 34.7. The number of carbonyl (C=O) groups is 1. The van der Waals surface area contributed by atoms with Crippen LogP contribution in [-0.4, -0.2) is 57.7 Å². The number of hydrogen-bond acceptors (Lipinski definition) is 9. The van der Waals surface area contributed by atoms with Gasteiger partial charge in [0.25, 0.3) is 0 Å². The highest BCUT2D eigenvalue weighted by molar-refractivity contribution is 5.91. The van der Waals surface area contributed by atoms with Gasteiger partial charge in [-0.25, -0.2) is 14.6 Å². The summed E-state index contributed by atoms with van der Waals surface area (Å²) >= 11 is 0. The van der Waals surface area contributed by atoms with Crippen molar-refractivity contribution in [1.82, 2.24) is 0 Å². The van der Waals surface area contributed by atoms with Crippen LogP contribution in [0.15, 0.2) is 12.1 Å². The molecule has 8 atom stereocenters. The first-order valence-electron chi connectivity index (χ1n) is 13.4. The molecule has 9 nitrogen and oxygen atoms in total. The van der Waals surface area contributed by atoms with Gasteiger partial charge in [0, 0.05) is 12.3 Å². The van der Waals surface area contributed by atoms with Crippen molar-refractivity contribution >= 4 is 5.97 Å².